The zero-order chi connectivity index (χ0) is 21.4. The number of fused-ring (bicyclic) bond motifs is 1. The summed E-state index contributed by atoms with van der Waals surface area (Å²) in [6.45, 7) is 0. The van der Waals surface area contributed by atoms with E-state index in [0.717, 1.165) is 47.7 Å². The van der Waals surface area contributed by atoms with Crippen molar-refractivity contribution in [1.82, 2.24) is 4.57 Å². The van der Waals surface area contributed by atoms with Crippen molar-refractivity contribution in [2.45, 2.75) is 12.5 Å². The smallest absolute Gasteiger partial charge is 0.272 e. The van der Waals surface area contributed by atoms with Gasteiger partial charge in [-0.3, -0.25) is 9.36 Å². The summed E-state index contributed by atoms with van der Waals surface area (Å²) in [6.07, 6.45) is 3.23. The van der Waals surface area contributed by atoms with E-state index in [1.54, 1.807) is 30.6 Å². The van der Waals surface area contributed by atoms with Crippen molar-refractivity contribution in [2.75, 3.05) is 18.6 Å². The molecule has 8 heteroatoms. The molecule has 2 aromatic carbocycles. The fourth-order valence-electron chi connectivity index (χ4n) is 3.58. The Bertz CT molecular complexity index is 1320. The normalized spacial score (nSPS) is 18.2. The number of benzene rings is 2. The SMILES string of the molecule is COc1ccc([C@@H]2C=C(c3ccc(Cl)cc3)N=c3sc(=C4SCCCS4)c(=O)n32)cc1. The Kier molecular flexibility index (Phi) is 6.01. The summed E-state index contributed by atoms with van der Waals surface area (Å²) in [5, 5.41) is 0.685. The van der Waals surface area contributed by atoms with E-state index < -0.39 is 0 Å². The van der Waals surface area contributed by atoms with Crippen molar-refractivity contribution >= 4 is 56.4 Å². The van der Waals surface area contributed by atoms with Crippen LogP contribution in [0.3, 0.4) is 0 Å². The third-order valence-electron chi connectivity index (χ3n) is 5.16. The first-order valence-corrected chi connectivity index (χ1v) is 13.0. The molecule has 0 saturated carbocycles. The quantitative estimate of drug-likeness (QED) is 0.534. The van der Waals surface area contributed by atoms with Crippen molar-refractivity contribution in [3.8, 4) is 5.75 Å². The molecule has 2 aliphatic heterocycles. The lowest BCUT2D eigenvalue weighted by Gasteiger charge is -2.20. The Morgan fingerprint density at radius 3 is 2.45 bits per heavy atom. The predicted molar refractivity (Wildman–Crippen MR) is 133 cm³/mol. The lowest BCUT2D eigenvalue weighted by atomic mass is 10.0. The maximum absolute atomic E-state index is 13.5. The van der Waals surface area contributed by atoms with Gasteiger partial charge in [-0.15, -0.1) is 23.5 Å². The van der Waals surface area contributed by atoms with Crippen LogP contribution in [0.1, 0.15) is 23.6 Å². The summed E-state index contributed by atoms with van der Waals surface area (Å²) in [6, 6.07) is 15.3. The minimum absolute atomic E-state index is 0.0351. The number of thioether (sulfide) groups is 2. The Hall–Kier alpha value is -1.93. The van der Waals surface area contributed by atoms with E-state index in [2.05, 4.69) is 6.08 Å². The monoisotopic (exact) mass is 486 g/mol. The van der Waals surface area contributed by atoms with E-state index in [1.165, 1.54) is 17.8 Å². The van der Waals surface area contributed by atoms with Gasteiger partial charge in [0.1, 0.15) is 10.3 Å². The van der Waals surface area contributed by atoms with E-state index in [0.29, 0.717) is 5.02 Å². The molecule has 3 aromatic rings. The summed E-state index contributed by atoms with van der Waals surface area (Å²) in [5.74, 6) is 2.90. The molecule has 1 fully saturated rings. The van der Waals surface area contributed by atoms with Crippen LogP contribution in [0, 0.1) is 0 Å². The van der Waals surface area contributed by atoms with E-state index in [-0.39, 0.29) is 11.6 Å². The van der Waals surface area contributed by atoms with Crippen LogP contribution in [0.15, 0.2) is 64.4 Å². The second-order valence-corrected chi connectivity index (χ2v) is 11.0. The molecule has 4 nitrogen and oxygen atoms in total. The van der Waals surface area contributed by atoms with E-state index in [4.69, 9.17) is 21.3 Å². The van der Waals surface area contributed by atoms with Crippen LogP contribution in [-0.4, -0.2) is 23.2 Å². The Balaban J connectivity index is 1.72. The number of methoxy groups -OCH3 is 1. The number of thiazole rings is 1. The van der Waals surface area contributed by atoms with Crippen LogP contribution in [0.25, 0.3) is 9.93 Å². The second kappa shape index (κ2) is 8.90. The topological polar surface area (TPSA) is 43.6 Å². The van der Waals surface area contributed by atoms with Crippen LogP contribution < -0.4 is 19.6 Å². The molecule has 2 aliphatic rings. The lowest BCUT2D eigenvalue weighted by Crippen LogP contribution is -2.36. The molecule has 0 bridgehead atoms. The molecule has 5 rings (SSSR count). The summed E-state index contributed by atoms with van der Waals surface area (Å²) in [7, 11) is 1.65. The number of allylic oxidation sites excluding steroid dienone is 1. The van der Waals surface area contributed by atoms with Gasteiger partial charge in [-0.2, -0.15) is 0 Å². The molecule has 1 aromatic heterocycles. The van der Waals surface area contributed by atoms with Gasteiger partial charge < -0.3 is 4.74 Å². The van der Waals surface area contributed by atoms with E-state index in [1.807, 2.05) is 53.1 Å². The van der Waals surface area contributed by atoms with Crippen molar-refractivity contribution in [3.63, 3.8) is 0 Å². The van der Waals surface area contributed by atoms with Gasteiger partial charge in [0.15, 0.2) is 4.80 Å². The molecular weight excluding hydrogens is 468 g/mol. The Labute approximate surface area is 197 Å². The average Bonchev–Trinajstić information content (AvgIpc) is 3.16. The maximum Gasteiger partial charge on any atom is 0.272 e. The highest BCUT2D eigenvalue weighted by molar-refractivity contribution is 8.30. The first kappa shape index (κ1) is 20.9. The van der Waals surface area contributed by atoms with Crippen LogP contribution >= 0.6 is 46.5 Å². The predicted octanol–water partition coefficient (Wildman–Crippen LogP) is 4.77. The summed E-state index contributed by atoms with van der Waals surface area (Å²) in [4.78, 5) is 19.1. The molecule has 0 spiro atoms. The van der Waals surface area contributed by atoms with Crippen LogP contribution in [-0.2, 0) is 0 Å². The van der Waals surface area contributed by atoms with Crippen LogP contribution in [0.4, 0.5) is 0 Å². The zero-order valence-electron chi connectivity index (χ0n) is 16.7. The number of hydrogen-bond donors (Lipinski definition) is 0. The highest BCUT2D eigenvalue weighted by Gasteiger charge is 2.24. The number of ether oxygens (including phenoxy) is 1. The molecule has 0 radical (unpaired) electrons. The van der Waals surface area contributed by atoms with E-state index in [9.17, 15) is 4.79 Å². The van der Waals surface area contributed by atoms with Gasteiger partial charge in [-0.05, 0) is 53.8 Å². The molecule has 0 N–H and O–H groups in total. The molecule has 0 aliphatic carbocycles. The minimum Gasteiger partial charge on any atom is -0.497 e. The van der Waals surface area contributed by atoms with Crippen LogP contribution in [0.5, 0.6) is 5.75 Å². The molecule has 1 atom stereocenters. The number of halogens is 1. The molecule has 158 valence electrons. The molecule has 31 heavy (non-hydrogen) atoms. The molecular formula is C23H19ClN2O2S3. The lowest BCUT2D eigenvalue weighted by molar-refractivity contribution is 0.414. The second-order valence-electron chi connectivity index (χ2n) is 7.12. The Morgan fingerprint density at radius 2 is 1.77 bits per heavy atom. The number of aromatic nitrogens is 1. The van der Waals surface area contributed by atoms with Crippen molar-refractivity contribution in [3.05, 3.63) is 90.4 Å². The average molecular weight is 487 g/mol. The number of rotatable bonds is 3. The maximum atomic E-state index is 13.5. The van der Waals surface area contributed by atoms with Crippen molar-refractivity contribution < 1.29 is 4.74 Å². The minimum atomic E-state index is -0.235. The van der Waals surface area contributed by atoms with Gasteiger partial charge in [0.2, 0.25) is 0 Å². The fourth-order valence-corrected chi connectivity index (χ4v) is 7.61. The van der Waals surface area contributed by atoms with Gasteiger partial charge in [-0.1, -0.05) is 47.2 Å². The third kappa shape index (κ3) is 4.12. The van der Waals surface area contributed by atoms with Gasteiger partial charge in [0, 0.05) is 10.6 Å². The largest absolute Gasteiger partial charge is 0.497 e. The van der Waals surface area contributed by atoms with E-state index >= 15 is 0 Å². The highest BCUT2D eigenvalue weighted by Crippen LogP contribution is 2.35. The molecule has 3 heterocycles. The Morgan fingerprint density at radius 1 is 1.06 bits per heavy atom. The van der Waals surface area contributed by atoms with Gasteiger partial charge in [0.25, 0.3) is 5.56 Å². The molecule has 0 unspecified atom stereocenters. The number of nitrogens with zero attached hydrogens (tertiary/aromatic N) is 2. The standard InChI is InChI=1S/C23H19ClN2O2S3/c1-28-17-9-5-15(6-10-17)19-13-18(14-3-7-16(24)8-4-14)25-23-26(19)21(27)20(31-23)22-29-11-2-12-30-22/h3-10,13,19H,2,11-12H2,1H3/t19-/m0/s1. The van der Waals surface area contributed by atoms with Crippen molar-refractivity contribution in [2.24, 2.45) is 4.99 Å². The first-order valence-electron chi connectivity index (χ1n) is 9.86. The molecule has 1 saturated heterocycles. The number of hydrogen-bond acceptors (Lipinski definition) is 6. The highest BCUT2D eigenvalue weighted by atomic mass is 35.5. The summed E-state index contributed by atoms with van der Waals surface area (Å²) in [5.41, 5.74) is 2.88. The first-order chi connectivity index (χ1) is 15.1. The van der Waals surface area contributed by atoms with Gasteiger partial charge in [0.05, 0.1) is 23.1 Å². The van der Waals surface area contributed by atoms with Crippen LogP contribution in [0.2, 0.25) is 5.02 Å². The summed E-state index contributed by atoms with van der Waals surface area (Å²) >= 11 is 11.1. The van der Waals surface area contributed by atoms with Gasteiger partial charge in [-0.25, -0.2) is 4.99 Å². The third-order valence-corrected chi connectivity index (χ3v) is 9.35. The zero-order valence-corrected chi connectivity index (χ0v) is 19.9. The van der Waals surface area contributed by atoms with Gasteiger partial charge >= 0.3 is 0 Å². The summed E-state index contributed by atoms with van der Waals surface area (Å²) < 4.78 is 9.06. The fraction of sp³-hybridized carbons (Fsp3) is 0.217. The molecule has 0 amide bonds. The van der Waals surface area contributed by atoms with Crippen molar-refractivity contribution in [1.29, 1.82) is 0 Å².